The number of hydrogen-bond acceptors (Lipinski definition) is 6. The predicted molar refractivity (Wildman–Crippen MR) is 123 cm³/mol. The second kappa shape index (κ2) is 10.1. The molecule has 7 nitrogen and oxygen atoms in total. The van der Waals surface area contributed by atoms with Gasteiger partial charge in [-0.15, -0.1) is 11.3 Å². The van der Waals surface area contributed by atoms with Gasteiger partial charge in [-0.1, -0.05) is 13.0 Å². The number of piperidine rings is 1. The van der Waals surface area contributed by atoms with Crippen molar-refractivity contribution < 1.29 is 17.9 Å². The molecule has 0 saturated carbocycles. The van der Waals surface area contributed by atoms with Gasteiger partial charge in [-0.25, -0.2) is 12.7 Å². The first-order valence-electron chi connectivity index (χ1n) is 10.4. The number of hydrogen-bond donors (Lipinski definition) is 1. The van der Waals surface area contributed by atoms with Crippen LogP contribution in [0.2, 0.25) is 0 Å². The number of ether oxygens (including phenoxy) is 1. The number of likely N-dealkylation sites (tertiary alicyclic amines) is 1. The molecule has 1 aliphatic heterocycles. The van der Waals surface area contributed by atoms with Gasteiger partial charge in [0.1, 0.15) is 10.6 Å². The zero-order chi connectivity index (χ0) is 22.6. The molecule has 1 fully saturated rings. The first kappa shape index (κ1) is 23.7. The molecule has 1 aliphatic rings. The Morgan fingerprint density at radius 3 is 2.58 bits per heavy atom. The van der Waals surface area contributed by atoms with Crippen LogP contribution in [-0.2, 0) is 10.0 Å². The molecular weight excluding hydrogens is 434 g/mol. The van der Waals surface area contributed by atoms with Gasteiger partial charge in [-0.05, 0) is 61.5 Å². The van der Waals surface area contributed by atoms with Crippen LogP contribution in [0.4, 0.5) is 0 Å². The molecule has 1 aromatic heterocycles. The first-order valence-corrected chi connectivity index (χ1v) is 12.7. The number of rotatable bonds is 8. The summed E-state index contributed by atoms with van der Waals surface area (Å²) in [5.41, 5.74) is 0.290. The Labute approximate surface area is 189 Å². The Hall–Kier alpha value is -1.94. The molecule has 0 radical (unpaired) electrons. The van der Waals surface area contributed by atoms with Gasteiger partial charge in [-0.3, -0.25) is 9.69 Å². The minimum Gasteiger partial charge on any atom is -0.495 e. The summed E-state index contributed by atoms with van der Waals surface area (Å²) >= 11 is 1.69. The molecular formula is C22H31N3O4S2. The highest BCUT2D eigenvalue weighted by molar-refractivity contribution is 7.89. The van der Waals surface area contributed by atoms with Gasteiger partial charge < -0.3 is 10.1 Å². The van der Waals surface area contributed by atoms with E-state index in [1.807, 2.05) is 6.07 Å². The topological polar surface area (TPSA) is 79.0 Å². The summed E-state index contributed by atoms with van der Waals surface area (Å²) in [6, 6.07) is 8.74. The molecule has 3 rings (SSSR count). The van der Waals surface area contributed by atoms with Crippen molar-refractivity contribution in [2.45, 2.75) is 30.7 Å². The van der Waals surface area contributed by atoms with Crippen molar-refractivity contribution in [2.24, 2.45) is 5.92 Å². The average molecular weight is 466 g/mol. The summed E-state index contributed by atoms with van der Waals surface area (Å²) in [7, 11) is 0.571. The maximum Gasteiger partial charge on any atom is 0.251 e. The van der Waals surface area contributed by atoms with Crippen molar-refractivity contribution in [3.05, 3.63) is 46.2 Å². The van der Waals surface area contributed by atoms with E-state index in [0.717, 1.165) is 36.2 Å². The molecule has 1 atom stereocenters. The fraction of sp³-hybridized carbons (Fsp3) is 0.500. The van der Waals surface area contributed by atoms with Crippen LogP contribution in [0.5, 0.6) is 5.75 Å². The van der Waals surface area contributed by atoms with Gasteiger partial charge in [-0.2, -0.15) is 0 Å². The van der Waals surface area contributed by atoms with E-state index in [0.29, 0.717) is 12.1 Å². The van der Waals surface area contributed by atoms with E-state index in [-0.39, 0.29) is 22.6 Å². The van der Waals surface area contributed by atoms with E-state index in [1.165, 1.54) is 38.2 Å². The maximum atomic E-state index is 12.9. The fourth-order valence-electron chi connectivity index (χ4n) is 3.74. The van der Waals surface area contributed by atoms with Gasteiger partial charge in [0.15, 0.2) is 0 Å². The first-order chi connectivity index (χ1) is 14.7. The molecule has 1 N–H and O–H groups in total. The van der Waals surface area contributed by atoms with Crippen molar-refractivity contribution in [3.63, 3.8) is 0 Å². The summed E-state index contributed by atoms with van der Waals surface area (Å²) in [5, 5.41) is 5.07. The highest BCUT2D eigenvalue weighted by Crippen LogP contribution is 2.30. The molecule has 2 aromatic rings. The third-order valence-electron chi connectivity index (χ3n) is 5.77. The summed E-state index contributed by atoms with van der Waals surface area (Å²) in [4.78, 5) is 16.6. The van der Waals surface area contributed by atoms with Crippen LogP contribution in [0.3, 0.4) is 0 Å². The van der Waals surface area contributed by atoms with E-state index in [4.69, 9.17) is 4.74 Å². The van der Waals surface area contributed by atoms with E-state index < -0.39 is 10.0 Å². The molecule has 1 aromatic carbocycles. The van der Waals surface area contributed by atoms with Crippen LogP contribution in [0.1, 0.15) is 41.0 Å². The minimum atomic E-state index is -3.74. The zero-order valence-corrected chi connectivity index (χ0v) is 20.1. The molecule has 0 bridgehead atoms. The highest BCUT2D eigenvalue weighted by Gasteiger charge is 2.27. The summed E-state index contributed by atoms with van der Waals surface area (Å²) in [6.07, 6.45) is 2.31. The summed E-state index contributed by atoms with van der Waals surface area (Å²) in [5.74, 6) is 0.639. The Balaban J connectivity index is 1.78. The minimum absolute atomic E-state index is 0.0209. The maximum absolute atomic E-state index is 12.9. The van der Waals surface area contributed by atoms with E-state index in [2.05, 4.69) is 28.6 Å². The Kier molecular flexibility index (Phi) is 7.74. The van der Waals surface area contributed by atoms with Crippen LogP contribution in [0.15, 0.2) is 40.6 Å². The SMILES string of the molecule is COc1ccc(C(=O)NC[C@H](c2cccs2)N2CCC(C)CC2)cc1S(=O)(=O)N(C)C. The quantitative estimate of drug-likeness (QED) is 0.648. The third kappa shape index (κ3) is 5.46. The number of amides is 1. The number of benzene rings is 1. The molecule has 0 spiro atoms. The second-order valence-corrected chi connectivity index (χ2v) is 11.2. The molecule has 31 heavy (non-hydrogen) atoms. The lowest BCUT2D eigenvalue weighted by atomic mass is 9.97. The van der Waals surface area contributed by atoms with Crippen LogP contribution in [0, 0.1) is 5.92 Å². The summed E-state index contributed by atoms with van der Waals surface area (Å²) < 4.78 is 31.6. The lowest BCUT2D eigenvalue weighted by Crippen LogP contribution is -2.41. The van der Waals surface area contributed by atoms with Crippen molar-refractivity contribution >= 4 is 27.3 Å². The van der Waals surface area contributed by atoms with E-state index in [9.17, 15) is 13.2 Å². The zero-order valence-electron chi connectivity index (χ0n) is 18.5. The monoisotopic (exact) mass is 465 g/mol. The number of methoxy groups -OCH3 is 1. The molecule has 1 saturated heterocycles. The normalized spacial score (nSPS) is 16.9. The smallest absolute Gasteiger partial charge is 0.251 e. The molecule has 170 valence electrons. The van der Waals surface area contributed by atoms with Crippen LogP contribution in [0.25, 0.3) is 0 Å². The fourth-order valence-corrected chi connectivity index (χ4v) is 5.67. The standard InChI is InChI=1S/C22H31N3O4S2/c1-16-9-11-25(12-10-16)18(20-6-5-13-30-20)15-23-22(26)17-7-8-19(29-4)21(14-17)31(27,28)24(2)3/h5-8,13-14,16,18H,9-12,15H2,1-4H3,(H,23,26)/t18-/m1/s1. The van der Waals surface area contributed by atoms with E-state index in [1.54, 1.807) is 17.4 Å². The molecule has 0 unspecified atom stereocenters. The number of nitrogens with one attached hydrogen (secondary N) is 1. The number of nitrogens with zero attached hydrogens (tertiary/aromatic N) is 2. The van der Waals surface area contributed by atoms with Crippen LogP contribution < -0.4 is 10.1 Å². The van der Waals surface area contributed by atoms with Crippen molar-refractivity contribution in [3.8, 4) is 5.75 Å². The molecule has 0 aliphatic carbocycles. The number of carbonyl (C=O) groups excluding carboxylic acids is 1. The van der Waals surface area contributed by atoms with Gasteiger partial charge >= 0.3 is 0 Å². The lowest BCUT2D eigenvalue weighted by molar-refractivity contribution is 0.0914. The number of sulfonamides is 1. The Morgan fingerprint density at radius 1 is 1.29 bits per heavy atom. The predicted octanol–water partition coefficient (Wildman–Crippen LogP) is 3.21. The van der Waals surface area contributed by atoms with Crippen molar-refractivity contribution in [2.75, 3.05) is 40.8 Å². The van der Waals surface area contributed by atoms with Crippen molar-refractivity contribution in [1.29, 1.82) is 0 Å². The van der Waals surface area contributed by atoms with Gasteiger partial charge in [0.25, 0.3) is 5.91 Å². The van der Waals surface area contributed by atoms with Crippen LogP contribution >= 0.6 is 11.3 Å². The van der Waals surface area contributed by atoms with Crippen molar-refractivity contribution in [1.82, 2.24) is 14.5 Å². The van der Waals surface area contributed by atoms with E-state index >= 15 is 0 Å². The molecule has 2 heterocycles. The Bertz CT molecular complexity index is 982. The van der Waals surface area contributed by atoms with Gasteiger partial charge in [0, 0.05) is 31.1 Å². The van der Waals surface area contributed by atoms with Gasteiger partial charge in [0.05, 0.1) is 13.2 Å². The second-order valence-electron chi connectivity index (χ2n) is 8.11. The lowest BCUT2D eigenvalue weighted by Gasteiger charge is -2.36. The number of carbonyl (C=O) groups is 1. The molecule has 9 heteroatoms. The molecule has 1 amide bonds. The van der Waals surface area contributed by atoms with Gasteiger partial charge in [0.2, 0.25) is 10.0 Å². The average Bonchev–Trinajstić information content (AvgIpc) is 3.29. The highest BCUT2D eigenvalue weighted by atomic mass is 32.2. The third-order valence-corrected chi connectivity index (χ3v) is 8.58. The van der Waals surface area contributed by atoms with Crippen LogP contribution in [-0.4, -0.2) is 64.4 Å². The Morgan fingerprint density at radius 2 is 2.00 bits per heavy atom. The largest absolute Gasteiger partial charge is 0.495 e. The summed E-state index contributed by atoms with van der Waals surface area (Å²) in [6.45, 7) is 4.76. The number of thiophene rings is 1.